The summed E-state index contributed by atoms with van der Waals surface area (Å²) in [6.07, 6.45) is 11.1. The van der Waals surface area contributed by atoms with Crippen molar-refractivity contribution in [3.05, 3.63) is 29.6 Å². The zero-order chi connectivity index (χ0) is 17.8. The van der Waals surface area contributed by atoms with Crippen molar-refractivity contribution in [1.29, 1.82) is 0 Å². The largest absolute Gasteiger partial charge is 0.426 e. The summed E-state index contributed by atoms with van der Waals surface area (Å²) >= 11 is 0. The van der Waals surface area contributed by atoms with Crippen LogP contribution in [0, 0.1) is 36.4 Å². The Balaban J connectivity index is 1.43. The van der Waals surface area contributed by atoms with Gasteiger partial charge in [0.25, 0.3) is 0 Å². The van der Waals surface area contributed by atoms with Crippen LogP contribution >= 0.6 is 0 Å². The summed E-state index contributed by atoms with van der Waals surface area (Å²) < 4.78 is 18.8. The van der Waals surface area contributed by atoms with Gasteiger partial charge in [-0.1, -0.05) is 32.6 Å². The molecule has 0 atom stereocenters. The Morgan fingerprint density at radius 3 is 2.24 bits per heavy atom. The third-order valence-corrected chi connectivity index (χ3v) is 6.33. The summed E-state index contributed by atoms with van der Waals surface area (Å²) in [7, 11) is 0. The van der Waals surface area contributed by atoms with Crippen LogP contribution in [-0.4, -0.2) is 5.97 Å². The Kier molecular flexibility index (Phi) is 6.14. The summed E-state index contributed by atoms with van der Waals surface area (Å²) in [4.78, 5) is 12.4. The average Bonchev–Trinajstić information content (AvgIpc) is 2.61. The molecule has 0 unspecified atom stereocenters. The second-order valence-corrected chi connectivity index (χ2v) is 8.41. The van der Waals surface area contributed by atoms with Gasteiger partial charge in [-0.3, -0.25) is 4.79 Å². The minimum Gasteiger partial charge on any atom is -0.426 e. The van der Waals surface area contributed by atoms with E-state index in [-0.39, 0.29) is 17.7 Å². The Hall–Kier alpha value is -1.38. The van der Waals surface area contributed by atoms with Gasteiger partial charge in [-0.25, -0.2) is 4.39 Å². The molecule has 2 aliphatic carbocycles. The van der Waals surface area contributed by atoms with Gasteiger partial charge < -0.3 is 4.74 Å². The van der Waals surface area contributed by atoms with E-state index in [1.807, 2.05) is 0 Å². The molecule has 2 nitrogen and oxygen atoms in total. The van der Waals surface area contributed by atoms with E-state index >= 15 is 0 Å². The zero-order valence-corrected chi connectivity index (χ0v) is 15.6. The van der Waals surface area contributed by atoms with E-state index in [1.165, 1.54) is 44.2 Å². The van der Waals surface area contributed by atoms with Crippen molar-refractivity contribution in [2.75, 3.05) is 0 Å². The molecule has 0 aromatic heterocycles. The van der Waals surface area contributed by atoms with Gasteiger partial charge in [0.1, 0.15) is 11.6 Å². The van der Waals surface area contributed by atoms with Crippen LogP contribution in [0.3, 0.4) is 0 Å². The quantitative estimate of drug-likeness (QED) is 0.489. The molecule has 0 radical (unpaired) electrons. The minimum absolute atomic E-state index is 0.00740. The van der Waals surface area contributed by atoms with Crippen molar-refractivity contribution in [3.8, 4) is 5.75 Å². The first-order valence-electron chi connectivity index (χ1n) is 9.99. The molecule has 0 amide bonds. The lowest BCUT2D eigenvalue weighted by Crippen LogP contribution is -2.27. The molecule has 3 heteroatoms. The highest BCUT2D eigenvalue weighted by molar-refractivity contribution is 5.75. The highest BCUT2D eigenvalue weighted by Crippen LogP contribution is 2.38. The number of halogens is 1. The van der Waals surface area contributed by atoms with Crippen molar-refractivity contribution in [1.82, 2.24) is 0 Å². The number of esters is 1. The van der Waals surface area contributed by atoms with Gasteiger partial charge in [0, 0.05) is 0 Å². The first kappa shape index (κ1) is 18.4. The molecule has 2 aliphatic rings. The van der Waals surface area contributed by atoms with Crippen molar-refractivity contribution >= 4 is 5.97 Å². The maximum absolute atomic E-state index is 13.3. The highest BCUT2D eigenvalue weighted by atomic mass is 19.1. The number of benzene rings is 1. The lowest BCUT2D eigenvalue weighted by atomic mass is 9.73. The maximum atomic E-state index is 13.3. The van der Waals surface area contributed by atoms with Gasteiger partial charge in [-0.05, 0) is 80.5 Å². The van der Waals surface area contributed by atoms with Gasteiger partial charge in [-0.2, -0.15) is 0 Å². The molecule has 2 saturated carbocycles. The molecule has 2 fully saturated rings. The van der Waals surface area contributed by atoms with Gasteiger partial charge in [-0.15, -0.1) is 0 Å². The summed E-state index contributed by atoms with van der Waals surface area (Å²) in [5.74, 6) is 2.67. The molecule has 138 valence electrons. The maximum Gasteiger partial charge on any atom is 0.314 e. The second-order valence-electron chi connectivity index (χ2n) is 8.41. The predicted octanol–water partition coefficient (Wildman–Crippen LogP) is 6.06. The van der Waals surface area contributed by atoms with Crippen molar-refractivity contribution in [2.24, 2.45) is 23.7 Å². The topological polar surface area (TPSA) is 26.3 Å². The van der Waals surface area contributed by atoms with Crippen LogP contribution in [0.2, 0.25) is 0 Å². The number of hydrogen-bond acceptors (Lipinski definition) is 2. The summed E-state index contributed by atoms with van der Waals surface area (Å²) in [6.45, 7) is 4.06. The first-order chi connectivity index (χ1) is 12.0. The standard InChI is InChI=1S/C22H31FO2/c1-15-3-5-17(6-4-15)14-18-7-9-19(10-8-18)22(24)25-20-11-12-21(23)16(2)13-20/h11-13,15,17-19H,3-10,14H2,1-2H3. The van der Waals surface area contributed by atoms with E-state index in [0.717, 1.165) is 43.4 Å². The number of rotatable bonds is 4. The monoisotopic (exact) mass is 346 g/mol. The fourth-order valence-corrected chi connectivity index (χ4v) is 4.55. The number of aryl methyl sites for hydroxylation is 1. The summed E-state index contributed by atoms with van der Waals surface area (Å²) in [5.41, 5.74) is 0.510. The number of carbonyl (C=O) groups excluding carboxylic acids is 1. The van der Waals surface area contributed by atoms with E-state index in [4.69, 9.17) is 4.74 Å². The van der Waals surface area contributed by atoms with Gasteiger partial charge in [0.05, 0.1) is 5.92 Å². The van der Waals surface area contributed by atoms with Gasteiger partial charge in [0.2, 0.25) is 0 Å². The van der Waals surface area contributed by atoms with Crippen LogP contribution in [0.15, 0.2) is 18.2 Å². The summed E-state index contributed by atoms with van der Waals surface area (Å²) in [5, 5.41) is 0. The predicted molar refractivity (Wildman–Crippen MR) is 98.0 cm³/mol. The molecule has 0 aliphatic heterocycles. The fraction of sp³-hybridized carbons (Fsp3) is 0.682. The molecular weight excluding hydrogens is 315 g/mol. The van der Waals surface area contributed by atoms with E-state index in [0.29, 0.717) is 11.3 Å². The normalized spacial score (nSPS) is 30.0. The molecule has 0 heterocycles. The molecule has 3 rings (SSSR count). The van der Waals surface area contributed by atoms with Crippen molar-refractivity contribution in [3.63, 3.8) is 0 Å². The molecular formula is C22H31FO2. The van der Waals surface area contributed by atoms with E-state index in [9.17, 15) is 9.18 Å². The van der Waals surface area contributed by atoms with Crippen LogP contribution < -0.4 is 4.74 Å². The molecule has 1 aromatic carbocycles. The number of hydrogen-bond donors (Lipinski definition) is 0. The number of ether oxygens (including phenoxy) is 1. The van der Waals surface area contributed by atoms with Crippen LogP contribution in [0.4, 0.5) is 4.39 Å². The SMILES string of the molecule is Cc1cc(OC(=O)C2CCC(CC3CCC(C)CC3)CC2)ccc1F. The van der Waals surface area contributed by atoms with Crippen molar-refractivity contribution < 1.29 is 13.9 Å². The van der Waals surface area contributed by atoms with Gasteiger partial charge >= 0.3 is 5.97 Å². The zero-order valence-electron chi connectivity index (χ0n) is 15.6. The Morgan fingerprint density at radius 2 is 1.64 bits per heavy atom. The Morgan fingerprint density at radius 1 is 1.04 bits per heavy atom. The lowest BCUT2D eigenvalue weighted by molar-refractivity contribution is -0.140. The van der Waals surface area contributed by atoms with Gasteiger partial charge in [0.15, 0.2) is 0 Å². The van der Waals surface area contributed by atoms with E-state index in [1.54, 1.807) is 13.0 Å². The average molecular weight is 346 g/mol. The first-order valence-corrected chi connectivity index (χ1v) is 9.99. The third kappa shape index (κ3) is 5.05. The smallest absolute Gasteiger partial charge is 0.314 e. The number of carbonyl (C=O) groups is 1. The second kappa shape index (κ2) is 8.33. The van der Waals surface area contributed by atoms with Crippen LogP contribution in [0.25, 0.3) is 0 Å². The molecule has 0 N–H and O–H groups in total. The molecule has 0 spiro atoms. The molecule has 0 saturated heterocycles. The molecule has 25 heavy (non-hydrogen) atoms. The Bertz CT molecular complexity index is 582. The van der Waals surface area contributed by atoms with Crippen LogP contribution in [0.5, 0.6) is 5.75 Å². The van der Waals surface area contributed by atoms with E-state index < -0.39 is 0 Å². The van der Waals surface area contributed by atoms with Crippen LogP contribution in [-0.2, 0) is 4.79 Å². The Labute approximate surface area is 151 Å². The highest BCUT2D eigenvalue weighted by Gasteiger charge is 2.30. The minimum atomic E-state index is -0.266. The lowest BCUT2D eigenvalue weighted by Gasteiger charge is -2.32. The van der Waals surface area contributed by atoms with Crippen LogP contribution in [0.1, 0.15) is 70.3 Å². The van der Waals surface area contributed by atoms with E-state index in [2.05, 4.69) is 6.92 Å². The fourth-order valence-electron chi connectivity index (χ4n) is 4.55. The summed E-state index contributed by atoms with van der Waals surface area (Å²) in [6, 6.07) is 4.50. The third-order valence-electron chi connectivity index (χ3n) is 6.33. The molecule has 1 aromatic rings. The molecule has 0 bridgehead atoms. The van der Waals surface area contributed by atoms with Crippen molar-refractivity contribution in [2.45, 2.75) is 71.6 Å².